The second kappa shape index (κ2) is 6.43. The molecule has 18 heavy (non-hydrogen) atoms. The molecule has 0 radical (unpaired) electrons. The van der Waals surface area contributed by atoms with Crippen LogP contribution in [0.1, 0.15) is 32.3 Å². The van der Waals surface area contributed by atoms with Crippen LogP contribution in [0.15, 0.2) is 22.7 Å². The lowest BCUT2D eigenvalue weighted by Gasteiger charge is -2.28. The van der Waals surface area contributed by atoms with Crippen LogP contribution in [0, 0.1) is 11.2 Å². The number of nitrogens with two attached hydrogens (primary N) is 1. The molecule has 0 aliphatic carbocycles. The molecule has 0 spiro atoms. The number of hydrogen-bond acceptors (Lipinski definition) is 2. The van der Waals surface area contributed by atoms with Crippen molar-refractivity contribution in [1.29, 1.82) is 0 Å². The van der Waals surface area contributed by atoms with Gasteiger partial charge in [0.1, 0.15) is 11.6 Å². The molecule has 0 atom stereocenters. The summed E-state index contributed by atoms with van der Waals surface area (Å²) in [6.45, 7) is 4.32. The summed E-state index contributed by atoms with van der Waals surface area (Å²) in [6.07, 6.45) is 1.76. The molecule has 4 heteroatoms. The van der Waals surface area contributed by atoms with Crippen molar-refractivity contribution < 1.29 is 9.18 Å². The summed E-state index contributed by atoms with van der Waals surface area (Å²) in [5.74, 6) is -0.184. The van der Waals surface area contributed by atoms with Crippen molar-refractivity contribution in [2.75, 3.05) is 6.54 Å². The summed E-state index contributed by atoms with van der Waals surface area (Å²) >= 11 is 3.28. The molecule has 0 fully saturated rings. The Kier molecular flexibility index (Phi) is 5.47. The van der Waals surface area contributed by atoms with Crippen LogP contribution in [0.2, 0.25) is 0 Å². The van der Waals surface area contributed by atoms with Crippen molar-refractivity contribution in [3.8, 4) is 0 Å². The van der Waals surface area contributed by atoms with Crippen LogP contribution in [0.3, 0.4) is 0 Å². The van der Waals surface area contributed by atoms with E-state index < -0.39 is 5.41 Å². The highest BCUT2D eigenvalue weighted by Gasteiger charge is 2.32. The van der Waals surface area contributed by atoms with Crippen molar-refractivity contribution in [1.82, 2.24) is 0 Å². The largest absolute Gasteiger partial charge is 0.329 e. The third-order valence-corrected chi connectivity index (χ3v) is 4.44. The lowest BCUT2D eigenvalue weighted by Crippen LogP contribution is -2.38. The Morgan fingerprint density at radius 2 is 2.00 bits per heavy atom. The maximum absolute atomic E-state index is 13.0. The minimum Gasteiger partial charge on any atom is -0.329 e. The van der Waals surface area contributed by atoms with Crippen LogP contribution in [0.5, 0.6) is 0 Å². The second-order valence-electron chi connectivity index (χ2n) is 4.53. The van der Waals surface area contributed by atoms with Crippen molar-refractivity contribution in [2.24, 2.45) is 11.1 Å². The predicted octanol–water partition coefficient (Wildman–Crippen LogP) is 3.46. The van der Waals surface area contributed by atoms with E-state index in [0.717, 1.165) is 18.4 Å². The monoisotopic (exact) mass is 315 g/mol. The number of rotatable bonds is 6. The topological polar surface area (TPSA) is 43.1 Å². The molecule has 2 nitrogen and oxygen atoms in total. The first-order valence-corrected chi connectivity index (χ1v) is 6.95. The van der Waals surface area contributed by atoms with Crippen LogP contribution >= 0.6 is 15.9 Å². The van der Waals surface area contributed by atoms with Crippen molar-refractivity contribution in [3.63, 3.8) is 0 Å². The van der Waals surface area contributed by atoms with Gasteiger partial charge in [0.2, 0.25) is 0 Å². The average Bonchev–Trinajstić information content (AvgIpc) is 2.36. The van der Waals surface area contributed by atoms with E-state index in [1.54, 1.807) is 6.07 Å². The first kappa shape index (κ1) is 15.3. The van der Waals surface area contributed by atoms with Gasteiger partial charge in [0.15, 0.2) is 0 Å². The molecule has 0 aliphatic rings. The Labute approximate surface area is 116 Å². The molecular weight excluding hydrogens is 297 g/mol. The SMILES string of the molecule is CCC(CC)(CN)C(=O)Cc1ccc(F)cc1Br. The van der Waals surface area contributed by atoms with Gasteiger partial charge in [0.05, 0.1) is 0 Å². The zero-order valence-electron chi connectivity index (χ0n) is 10.8. The molecule has 0 saturated carbocycles. The van der Waals surface area contributed by atoms with Crippen LogP contribution in [-0.4, -0.2) is 12.3 Å². The number of carbonyl (C=O) groups is 1. The summed E-state index contributed by atoms with van der Waals surface area (Å²) in [5.41, 5.74) is 6.11. The van der Waals surface area contributed by atoms with Crippen molar-refractivity contribution in [3.05, 3.63) is 34.1 Å². The Hall–Kier alpha value is -0.740. The number of Topliss-reactive ketones (excluding diaryl/α,β-unsaturated/α-hetero) is 1. The van der Waals surface area contributed by atoms with Gasteiger partial charge in [-0.2, -0.15) is 0 Å². The smallest absolute Gasteiger partial charge is 0.144 e. The molecule has 0 saturated heterocycles. The fraction of sp³-hybridized carbons (Fsp3) is 0.500. The normalized spacial score (nSPS) is 11.6. The first-order chi connectivity index (χ1) is 8.49. The van der Waals surface area contributed by atoms with Gasteiger partial charge in [-0.3, -0.25) is 4.79 Å². The number of carbonyl (C=O) groups excluding carboxylic acids is 1. The van der Waals surface area contributed by atoms with Gasteiger partial charge in [0, 0.05) is 22.9 Å². The zero-order valence-corrected chi connectivity index (χ0v) is 12.4. The predicted molar refractivity (Wildman–Crippen MR) is 74.9 cm³/mol. The van der Waals surface area contributed by atoms with Crippen LogP contribution in [-0.2, 0) is 11.2 Å². The highest BCUT2D eigenvalue weighted by Crippen LogP contribution is 2.29. The van der Waals surface area contributed by atoms with Gasteiger partial charge in [0.25, 0.3) is 0 Å². The molecule has 0 bridgehead atoms. The first-order valence-electron chi connectivity index (χ1n) is 6.16. The molecule has 0 heterocycles. The summed E-state index contributed by atoms with van der Waals surface area (Å²) in [5, 5.41) is 0. The number of benzene rings is 1. The lowest BCUT2D eigenvalue weighted by atomic mass is 9.76. The quantitative estimate of drug-likeness (QED) is 0.873. The van der Waals surface area contributed by atoms with Crippen LogP contribution in [0.4, 0.5) is 4.39 Å². The van der Waals surface area contributed by atoms with E-state index in [2.05, 4.69) is 15.9 Å². The van der Waals surface area contributed by atoms with Crippen molar-refractivity contribution >= 4 is 21.7 Å². The number of ketones is 1. The second-order valence-corrected chi connectivity index (χ2v) is 5.38. The van der Waals surface area contributed by atoms with E-state index in [1.807, 2.05) is 13.8 Å². The van der Waals surface area contributed by atoms with Gasteiger partial charge < -0.3 is 5.73 Å². The van der Waals surface area contributed by atoms with Crippen LogP contribution in [0.25, 0.3) is 0 Å². The Morgan fingerprint density at radius 1 is 1.39 bits per heavy atom. The molecule has 2 N–H and O–H groups in total. The fourth-order valence-electron chi connectivity index (χ4n) is 2.07. The van der Waals surface area contributed by atoms with Gasteiger partial charge in [-0.05, 0) is 30.5 Å². The maximum Gasteiger partial charge on any atom is 0.144 e. The molecule has 1 aromatic carbocycles. The van der Waals surface area contributed by atoms with Crippen molar-refractivity contribution in [2.45, 2.75) is 33.1 Å². The third kappa shape index (κ3) is 3.18. The molecule has 0 unspecified atom stereocenters. The Morgan fingerprint density at radius 3 is 2.44 bits per heavy atom. The van der Waals surface area contributed by atoms with E-state index >= 15 is 0 Å². The number of hydrogen-bond donors (Lipinski definition) is 1. The fourth-order valence-corrected chi connectivity index (χ4v) is 2.56. The zero-order chi connectivity index (χ0) is 13.8. The molecular formula is C14H19BrFNO. The Bertz CT molecular complexity index is 422. The van der Waals surface area contributed by atoms with E-state index in [-0.39, 0.29) is 11.6 Å². The maximum atomic E-state index is 13.0. The summed E-state index contributed by atoms with van der Waals surface area (Å²) in [4.78, 5) is 12.4. The van der Waals surface area contributed by atoms with Gasteiger partial charge >= 0.3 is 0 Å². The molecule has 0 amide bonds. The molecule has 0 aliphatic heterocycles. The minimum absolute atomic E-state index is 0.127. The summed E-state index contributed by atoms with van der Waals surface area (Å²) in [7, 11) is 0. The summed E-state index contributed by atoms with van der Waals surface area (Å²) < 4.78 is 13.6. The third-order valence-electron chi connectivity index (χ3n) is 3.70. The van der Waals surface area contributed by atoms with E-state index in [9.17, 15) is 9.18 Å². The molecule has 1 aromatic rings. The summed E-state index contributed by atoms with van der Waals surface area (Å²) in [6, 6.07) is 4.39. The minimum atomic E-state index is -0.451. The highest BCUT2D eigenvalue weighted by atomic mass is 79.9. The molecule has 0 aromatic heterocycles. The lowest BCUT2D eigenvalue weighted by molar-refractivity contribution is -0.128. The standard InChI is InChI=1S/C14H19BrFNO/c1-3-14(4-2,9-17)13(18)7-10-5-6-11(16)8-12(10)15/h5-6,8H,3-4,7,9,17H2,1-2H3. The van der Waals surface area contributed by atoms with Gasteiger partial charge in [-0.15, -0.1) is 0 Å². The number of halogens is 2. The van der Waals surface area contributed by atoms with E-state index in [0.29, 0.717) is 17.4 Å². The average molecular weight is 316 g/mol. The molecule has 100 valence electrons. The highest BCUT2D eigenvalue weighted by molar-refractivity contribution is 9.10. The van der Waals surface area contributed by atoms with E-state index in [4.69, 9.17) is 5.73 Å². The van der Waals surface area contributed by atoms with Gasteiger partial charge in [-0.1, -0.05) is 35.8 Å². The van der Waals surface area contributed by atoms with E-state index in [1.165, 1.54) is 12.1 Å². The molecule has 1 rings (SSSR count). The van der Waals surface area contributed by atoms with Gasteiger partial charge in [-0.25, -0.2) is 4.39 Å². The van der Waals surface area contributed by atoms with Crippen LogP contribution < -0.4 is 5.73 Å². The Balaban J connectivity index is 2.93.